The molecule has 0 spiro atoms. The second-order valence-corrected chi connectivity index (χ2v) is 11.8. The quantitative estimate of drug-likeness (QED) is 0.170. The number of likely N-dealkylation sites (tertiary alicyclic amines) is 1. The number of aromatic nitrogens is 6. The van der Waals surface area contributed by atoms with Crippen molar-refractivity contribution < 1.29 is 9.13 Å². The third-order valence-electron chi connectivity index (χ3n) is 8.22. The topological polar surface area (TPSA) is 111 Å². The largest absolute Gasteiger partial charge is 0.491 e. The monoisotopic (exact) mass is 605 g/mol. The van der Waals surface area contributed by atoms with Crippen molar-refractivity contribution in [3.05, 3.63) is 73.1 Å². The number of nitrogens with zero attached hydrogens (tertiary/aromatic N) is 6. The van der Waals surface area contributed by atoms with Gasteiger partial charge in [0.1, 0.15) is 29.5 Å². The Morgan fingerprint density at radius 1 is 0.933 bits per heavy atom. The summed E-state index contributed by atoms with van der Waals surface area (Å²) in [5.41, 5.74) is 7.08. The maximum absolute atomic E-state index is 14.7. The van der Waals surface area contributed by atoms with Crippen molar-refractivity contribution in [3.8, 4) is 39.4 Å². The van der Waals surface area contributed by atoms with Gasteiger partial charge in [-0.05, 0) is 93.6 Å². The number of nitrogens with one attached hydrogen (secondary N) is 3. The van der Waals surface area contributed by atoms with Crippen LogP contribution in [0.25, 0.3) is 55.7 Å². The zero-order valence-corrected chi connectivity index (χ0v) is 25.5. The molecule has 1 aliphatic heterocycles. The number of ether oxygens (including phenoxy) is 1. The zero-order valence-electron chi connectivity index (χ0n) is 25.5. The molecule has 11 heteroatoms. The summed E-state index contributed by atoms with van der Waals surface area (Å²) >= 11 is 0. The van der Waals surface area contributed by atoms with Gasteiger partial charge in [-0.3, -0.25) is 15.0 Å². The number of hydrogen-bond donors (Lipinski definition) is 3. The van der Waals surface area contributed by atoms with Gasteiger partial charge in [0.15, 0.2) is 5.65 Å². The van der Waals surface area contributed by atoms with Crippen LogP contribution in [-0.2, 0) is 0 Å². The predicted octanol–water partition coefficient (Wildman–Crippen LogP) is 5.82. The lowest BCUT2D eigenvalue weighted by molar-refractivity contribution is 0.237. The van der Waals surface area contributed by atoms with Gasteiger partial charge >= 0.3 is 0 Å². The fraction of sp³-hybridized carbons (Fsp3) is 0.294. The maximum Gasteiger partial charge on any atom is 0.155 e. The average molecular weight is 606 g/mol. The van der Waals surface area contributed by atoms with Gasteiger partial charge in [0.25, 0.3) is 0 Å². The molecule has 0 bridgehead atoms. The van der Waals surface area contributed by atoms with E-state index in [2.05, 4.69) is 51.3 Å². The van der Waals surface area contributed by atoms with Crippen LogP contribution < -0.4 is 10.1 Å². The molecule has 10 nitrogen and oxygen atoms in total. The third-order valence-corrected chi connectivity index (χ3v) is 8.22. The molecule has 0 radical (unpaired) electrons. The Hall–Kier alpha value is -4.87. The number of benzene rings is 1. The molecule has 0 unspecified atom stereocenters. The number of rotatable bonds is 11. The van der Waals surface area contributed by atoms with Crippen LogP contribution in [0.3, 0.4) is 0 Å². The number of pyridine rings is 3. The van der Waals surface area contributed by atoms with Crippen LogP contribution in [0.2, 0.25) is 0 Å². The summed E-state index contributed by atoms with van der Waals surface area (Å²) in [6.07, 6.45) is 9.65. The lowest BCUT2D eigenvalue weighted by Crippen LogP contribution is -2.25. The molecule has 6 heterocycles. The number of anilines is 1. The molecule has 0 aliphatic carbocycles. The van der Waals surface area contributed by atoms with Gasteiger partial charge in [-0.2, -0.15) is 5.10 Å². The van der Waals surface area contributed by atoms with E-state index in [1.165, 1.54) is 18.9 Å². The van der Waals surface area contributed by atoms with E-state index >= 15 is 0 Å². The number of halogens is 1. The molecule has 1 fully saturated rings. The lowest BCUT2D eigenvalue weighted by atomic mass is 10.0. The molecule has 1 aliphatic rings. The molecule has 0 atom stereocenters. The summed E-state index contributed by atoms with van der Waals surface area (Å²) in [6.45, 7) is 5.41. The highest BCUT2D eigenvalue weighted by atomic mass is 19.1. The van der Waals surface area contributed by atoms with Crippen molar-refractivity contribution >= 4 is 27.8 Å². The molecule has 45 heavy (non-hydrogen) atoms. The first-order valence-corrected chi connectivity index (χ1v) is 15.3. The minimum atomic E-state index is -0.298. The molecule has 0 amide bonds. The normalized spacial score (nSPS) is 13.8. The summed E-state index contributed by atoms with van der Waals surface area (Å²) in [4.78, 5) is 21.6. The van der Waals surface area contributed by atoms with Gasteiger partial charge in [-0.1, -0.05) is 0 Å². The second-order valence-electron chi connectivity index (χ2n) is 11.8. The molecule has 230 valence electrons. The van der Waals surface area contributed by atoms with E-state index in [1.54, 1.807) is 18.5 Å². The van der Waals surface area contributed by atoms with Crippen LogP contribution in [0.1, 0.15) is 12.8 Å². The molecular formula is C34H36FN9O. The molecule has 6 aromatic rings. The Kier molecular flexibility index (Phi) is 8.10. The van der Waals surface area contributed by atoms with Crippen molar-refractivity contribution in [2.45, 2.75) is 12.8 Å². The summed E-state index contributed by atoms with van der Waals surface area (Å²) in [5, 5.41) is 12.7. The van der Waals surface area contributed by atoms with E-state index < -0.39 is 0 Å². The zero-order chi connectivity index (χ0) is 30.8. The number of fused-ring (bicyclic) bond motifs is 2. The molecular weight excluding hydrogens is 569 g/mol. The van der Waals surface area contributed by atoms with Crippen molar-refractivity contribution in [1.29, 1.82) is 0 Å². The van der Waals surface area contributed by atoms with E-state index in [9.17, 15) is 4.39 Å². The molecule has 1 aromatic carbocycles. The Morgan fingerprint density at radius 3 is 2.67 bits per heavy atom. The summed E-state index contributed by atoms with van der Waals surface area (Å²) in [5.74, 6) is 0.440. The van der Waals surface area contributed by atoms with Crippen molar-refractivity contribution in [1.82, 2.24) is 39.9 Å². The van der Waals surface area contributed by atoms with Gasteiger partial charge in [0.2, 0.25) is 0 Å². The fourth-order valence-corrected chi connectivity index (χ4v) is 5.90. The van der Waals surface area contributed by atoms with Crippen LogP contribution in [-0.4, -0.2) is 93.4 Å². The lowest BCUT2D eigenvalue weighted by Gasteiger charge is -2.15. The number of hydrogen-bond acceptors (Lipinski definition) is 8. The van der Waals surface area contributed by atoms with E-state index in [1.807, 2.05) is 50.8 Å². The standard InChI is InChI=1S/C34H36FN9O/c1-43(2)10-7-37-26-14-22(13-25(35)17-26)28-5-6-38-33-29(28)18-31(40-33)32-30-16-24(20-39-34(30)42-41-32)23-15-27(21-36-19-23)45-12-11-44-8-3-4-9-44/h5-6,13-21,37H,3-4,7-12H2,1-2H3,(H,38,40)(H,39,41,42). The first kappa shape index (κ1) is 28.9. The molecule has 5 aromatic heterocycles. The smallest absolute Gasteiger partial charge is 0.155 e. The highest BCUT2D eigenvalue weighted by Crippen LogP contribution is 2.35. The van der Waals surface area contributed by atoms with Gasteiger partial charge in [-0.25, -0.2) is 14.4 Å². The van der Waals surface area contributed by atoms with Crippen LogP contribution in [0.5, 0.6) is 5.75 Å². The van der Waals surface area contributed by atoms with Crippen LogP contribution in [0.15, 0.2) is 67.3 Å². The van der Waals surface area contributed by atoms with Crippen LogP contribution in [0.4, 0.5) is 10.1 Å². The summed E-state index contributed by atoms with van der Waals surface area (Å²) in [7, 11) is 4.02. The molecule has 3 N–H and O–H groups in total. The predicted molar refractivity (Wildman–Crippen MR) is 176 cm³/mol. The van der Waals surface area contributed by atoms with Gasteiger partial charge in [0.05, 0.1) is 11.9 Å². The second kappa shape index (κ2) is 12.6. The third kappa shape index (κ3) is 6.36. The SMILES string of the molecule is CN(C)CCNc1cc(F)cc(-c2ccnc3[nH]c(-c4n[nH]c5ncc(-c6cncc(OCCN7CCCC7)c6)cc45)cc23)c1. The maximum atomic E-state index is 14.7. The van der Waals surface area contributed by atoms with Gasteiger partial charge < -0.3 is 19.9 Å². The average Bonchev–Trinajstić information content (AvgIpc) is 3.80. The summed E-state index contributed by atoms with van der Waals surface area (Å²) in [6, 6.07) is 13.0. The highest BCUT2D eigenvalue weighted by molar-refractivity contribution is 6.00. The van der Waals surface area contributed by atoms with Crippen molar-refractivity contribution in [2.75, 3.05) is 58.7 Å². The number of likely N-dealkylation sites (N-methyl/N-ethyl adjacent to an activating group) is 1. The van der Waals surface area contributed by atoms with E-state index in [4.69, 9.17) is 4.74 Å². The molecule has 1 saturated heterocycles. The Balaban J connectivity index is 1.17. The van der Waals surface area contributed by atoms with Crippen molar-refractivity contribution in [3.63, 3.8) is 0 Å². The van der Waals surface area contributed by atoms with Crippen LogP contribution in [0, 0.1) is 5.82 Å². The molecule has 7 rings (SSSR count). The van der Waals surface area contributed by atoms with Gasteiger partial charge in [0, 0.05) is 65.8 Å². The first-order valence-electron chi connectivity index (χ1n) is 15.3. The van der Waals surface area contributed by atoms with E-state index in [-0.39, 0.29) is 5.82 Å². The Bertz CT molecular complexity index is 1940. The highest BCUT2D eigenvalue weighted by Gasteiger charge is 2.17. The molecule has 0 saturated carbocycles. The number of aromatic amines is 2. The number of H-pyrrole nitrogens is 2. The van der Waals surface area contributed by atoms with E-state index in [0.717, 1.165) is 82.0 Å². The van der Waals surface area contributed by atoms with Crippen molar-refractivity contribution in [2.24, 2.45) is 0 Å². The Morgan fingerprint density at radius 2 is 1.80 bits per heavy atom. The fourth-order valence-electron chi connectivity index (χ4n) is 5.90. The summed E-state index contributed by atoms with van der Waals surface area (Å²) < 4.78 is 20.8. The van der Waals surface area contributed by atoms with Gasteiger partial charge in [-0.15, -0.1) is 0 Å². The van der Waals surface area contributed by atoms with E-state index in [0.29, 0.717) is 24.4 Å². The minimum absolute atomic E-state index is 0.298. The minimum Gasteiger partial charge on any atom is -0.491 e. The first-order chi connectivity index (χ1) is 22.0. The van der Waals surface area contributed by atoms with Crippen LogP contribution >= 0.6 is 0 Å². The Labute approximate surface area is 260 Å².